The monoisotopic (exact) mass is 362 g/mol. The Bertz CT molecular complexity index is 995. The molecule has 1 aliphatic rings. The summed E-state index contributed by atoms with van der Waals surface area (Å²) in [6, 6.07) is 16.2. The zero-order chi connectivity index (χ0) is 18.8. The van der Waals surface area contributed by atoms with Crippen molar-refractivity contribution in [3.63, 3.8) is 0 Å². The molecule has 0 atom stereocenters. The quantitative estimate of drug-likeness (QED) is 0.779. The van der Waals surface area contributed by atoms with Crippen molar-refractivity contribution in [3.05, 3.63) is 65.5 Å². The van der Waals surface area contributed by atoms with E-state index in [2.05, 4.69) is 40.5 Å². The Kier molecular flexibility index (Phi) is 4.62. The van der Waals surface area contributed by atoms with Crippen LogP contribution in [0.3, 0.4) is 0 Å². The first-order chi connectivity index (χ1) is 13.1. The van der Waals surface area contributed by atoms with E-state index in [9.17, 15) is 9.59 Å². The van der Waals surface area contributed by atoms with Crippen molar-refractivity contribution in [1.82, 2.24) is 20.0 Å². The zero-order valence-electron chi connectivity index (χ0n) is 15.3. The largest absolute Gasteiger partial charge is 0.337 e. The van der Waals surface area contributed by atoms with E-state index >= 15 is 0 Å². The van der Waals surface area contributed by atoms with Gasteiger partial charge in [-0.25, -0.2) is 0 Å². The molecule has 1 aliphatic heterocycles. The average molecular weight is 362 g/mol. The molecule has 1 saturated heterocycles. The van der Waals surface area contributed by atoms with Gasteiger partial charge in [0.25, 0.3) is 5.91 Å². The van der Waals surface area contributed by atoms with Crippen molar-refractivity contribution >= 4 is 22.6 Å². The van der Waals surface area contributed by atoms with E-state index in [-0.39, 0.29) is 11.8 Å². The molecule has 2 heterocycles. The Morgan fingerprint density at radius 2 is 1.89 bits per heavy atom. The van der Waals surface area contributed by atoms with Crippen LogP contribution in [-0.4, -0.2) is 51.4 Å². The van der Waals surface area contributed by atoms with Gasteiger partial charge in [0, 0.05) is 38.3 Å². The number of fused-ring (bicyclic) bond motifs is 1. The van der Waals surface area contributed by atoms with Crippen LogP contribution in [0.4, 0.5) is 0 Å². The van der Waals surface area contributed by atoms with E-state index in [1.54, 1.807) is 11.0 Å². The van der Waals surface area contributed by atoms with Crippen molar-refractivity contribution < 1.29 is 9.59 Å². The molecular weight excluding hydrogens is 340 g/mol. The first kappa shape index (κ1) is 17.3. The number of nitrogens with one attached hydrogen (secondary N) is 1. The van der Waals surface area contributed by atoms with E-state index in [4.69, 9.17) is 0 Å². The third kappa shape index (κ3) is 3.69. The van der Waals surface area contributed by atoms with Crippen LogP contribution >= 0.6 is 0 Å². The van der Waals surface area contributed by atoms with Gasteiger partial charge in [-0.05, 0) is 35.4 Å². The predicted octanol–water partition coefficient (Wildman–Crippen LogP) is 2.75. The van der Waals surface area contributed by atoms with Crippen molar-refractivity contribution in [2.45, 2.75) is 19.9 Å². The number of rotatable bonds is 3. The van der Waals surface area contributed by atoms with E-state index in [1.807, 2.05) is 24.0 Å². The third-order valence-electron chi connectivity index (χ3n) is 4.99. The second kappa shape index (κ2) is 7.23. The van der Waals surface area contributed by atoms with Crippen molar-refractivity contribution in [2.75, 3.05) is 19.6 Å². The number of nitrogens with zero attached hydrogens (tertiary/aromatic N) is 3. The lowest BCUT2D eigenvalue weighted by Gasteiger charge is -2.22. The first-order valence-corrected chi connectivity index (χ1v) is 9.17. The van der Waals surface area contributed by atoms with E-state index < -0.39 is 0 Å². The summed E-state index contributed by atoms with van der Waals surface area (Å²) in [7, 11) is 0. The highest BCUT2D eigenvalue weighted by atomic mass is 16.2. The fraction of sp³-hybridized carbons (Fsp3) is 0.286. The van der Waals surface area contributed by atoms with Gasteiger partial charge < -0.3 is 9.80 Å². The van der Waals surface area contributed by atoms with Gasteiger partial charge in [-0.1, -0.05) is 36.4 Å². The highest BCUT2D eigenvalue weighted by Gasteiger charge is 2.25. The Morgan fingerprint density at radius 1 is 1.07 bits per heavy atom. The maximum atomic E-state index is 12.6. The summed E-state index contributed by atoms with van der Waals surface area (Å²) in [4.78, 5) is 28.7. The molecule has 1 fully saturated rings. The molecule has 0 unspecified atom stereocenters. The molecule has 0 spiro atoms. The van der Waals surface area contributed by atoms with Crippen LogP contribution in [0.15, 0.2) is 48.5 Å². The normalized spacial score (nSPS) is 15.2. The fourth-order valence-corrected chi connectivity index (χ4v) is 3.48. The molecular formula is C21H22N4O2. The van der Waals surface area contributed by atoms with E-state index in [1.165, 1.54) is 10.8 Å². The Hall–Kier alpha value is -3.15. The van der Waals surface area contributed by atoms with E-state index in [0.29, 0.717) is 38.3 Å². The molecule has 138 valence electrons. The lowest BCUT2D eigenvalue weighted by Crippen LogP contribution is -2.35. The number of H-pyrrole nitrogens is 1. The summed E-state index contributed by atoms with van der Waals surface area (Å²) in [6.07, 6.45) is 0.336. The molecule has 1 aromatic heterocycles. The minimum Gasteiger partial charge on any atom is -0.337 e. The number of carbonyl (C=O) groups is 2. The minimum absolute atomic E-state index is 0.0802. The van der Waals surface area contributed by atoms with Gasteiger partial charge in [0.15, 0.2) is 0 Å². The summed E-state index contributed by atoms with van der Waals surface area (Å²) >= 11 is 0. The first-order valence-electron chi connectivity index (χ1n) is 9.17. The molecule has 6 nitrogen and oxygen atoms in total. The van der Waals surface area contributed by atoms with Gasteiger partial charge in [0.2, 0.25) is 5.91 Å². The van der Waals surface area contributed by atoms with Crippen molar-refractivity contribution in [3.8, 4) is 0 Å². The Balaban J connectivity index is 1.46. The molecule has 0 bridgehead atoms. The van der Waals surface area contributed by atoms with Crippen molar-refractivity contribution in [1.29, 1.82) is 0 Å². The maximum absolute atomic E-state index is 12.6. The molecule has 0 saturated carbocycles. The Morgan fingerprint density at radius 3 is 2.67 bits per heavy atom. The van der Waals surface area contributed by atoms with Gasteiger partial charge in [-0.2, -0.15) is 5.10 Å². The van der Waals surface area contributed by atoms with Crippen molar-refractivity contribution in [2.24, 2.45) is 0 Å². The van der Waals surface area contributed by atoms with Crippen LogP contribution in [-0.2, 0) is 11.3 Å². The number of carbonyl (C=O) groups excluding carboxylic acids is 2. The summed E-state index contributed by atoms with van der Waals surface area (Å²) in [6.45, 7) is 3.90. The molecule has 2 aromatic carbocycles. The lowest BCUT2D eigenvalue weighted by molar-refractivity contribution is -0.130. The number of amides is 2. The van der Waals surface area contributed by atoms with Crippen LogP contribution in [0.1, 0.15) is 28.2 Å². The minimum atomic E-state index is -0.125. The highest BCUT2D eigenvalue weighted by molar-refractivity contribution is 5.93. The maximum Gasteiger partial charge on any atom is 0.274 e. The van der Waals surface area contributed by atoms with Crippen LogP contribution < -0.4 is 0 Å². The molecule has 6 heteroatoms. The second-order valence-corrected chi connectivity index (χ2v) is 6.98. The number of hydrogen-bond acceptors (Lipinski definition) is 3. The topological polar surface area (TPSA) is 69.3 Å². The summed E-state index contributed by atoms with van der Waals surface area (Å²) in [5, 5.41) is 9.19. The van der Waals surface area contributed by atoms with Crippen LogP contribution in [0.2, 0.25) is 0 Å². The molecule has 1 N–H and O–H groups in total. The predicted molar refractivity (Wildman–Crippen MR) is 103 cm³/mol. The molecule has 0 aliphatic carbocycles. The number of hydrogen-bond donors (Lipinski definition) is 1. The zero-order valence-corrected chi connectivity index (χ0v) is 15.3. The fourth-order valence-electron chi connectivity index (χ4n) is 3.48. The SMILES string of the molecule is Cc1cc(C(=O)N2CCC(=O)N(Cc3ccc4ccccc4c3)CC2)n[nH]1. The molecule has 2 amide bonds. The molecule has 4 rings (SSSR count). The van der Waals surface area contributed by atoms with Crippen LogP contribution in [0.25, 0.3) is 10.8 Å². The average Bonchev–Trinajstić information content (AvgIpc) is 3.04. The number of aromatic nitrogens is 2. The smallest absolute Gasteiger partial charge is 0.274 e. The molecule has 0 radical (unpaired) electrons. The number of aryl methyl sites for hydroxylation is 1. The van der Waals surface area contributed by atoms with Crippen LogP contribution in [0.5, 0.6) is 0 Å². The van der Waals surface area contributed by atoms with Gasteiger partial charge in [-0.3, -0.25) is 14.7 Å². The van der Waals surface area contributed by atoms with Gasteiger partial charge in [-0.15, -0.1) is 0 Å². The molecule has 3 aromatic rings. The lowest BCUT2D eigenvalue weighted by atomic mass is 10.1. The number of benzene rings is 2. The molecule has 27 heavy (non-hydrogen) atoms. The van der Waals surface area contributed by atoms with Gasteiger partial charge in [0.05, 0.1) is 0 Å². The highest BCUT2D eigenvalue weighted by Crippen LogP contribution is 2.18. The van der Waals surface area contributed by atoms with E-state index in [0.717, 1.165) is 11.3 Å². The Labute approximate surface area is 157 Å². The van der Waals surface area contributed by atoms with Gasteiger partial charge in [0.1, 0.15) is 5.69 Å². The number of aromatic amines is 1. The summed E-state index contributed by atoms with van der Waals surface area (Å²) < 4.78 is 0. The summed E-state index contributed by atoms with van der Waals surface area (Å²) in [5.74, 6) is -0.0450. The summed E-state index contributed by atoms with van der Waals surface area (Å²) in [5.41, 5.74) is 2.36. The van der Waals surface area contributed by atoms with Crippen LogP contribution in [0, 0.1) is 6.92 Å². The standard InChI is InChI=1S/C21H22N4O2/c1-15-12-19(23-22-15)21(27)24-9-8-20(26)25(11-10-24)14-16-6-7-17-4-2-3-5-18(17)13-16/h2-7,12-13H,8-11,14H2,1H3,(H,22,23). The second-order valence-electron chi connectivity index (χ2n) is 6.98. The third-order valence-corrected chi connectivity index (χ3v) is 4.99. The van der Waals surface area contributed by atoms with Gasteiger partial charge >= 0.3 is 0 Å².